The van der Waals surface area contributed by atoms with E-state index in [1.165, 1.54) is 0 Å². The Labute approximate surface area is 150 Å². The quantitative estimate of drug-likeness (QED) is 0.362. The minimum Gasteiger partial charge on any atom is -0.489 e. The number of halogens is 1. The first-order valence-corrected chi connectivity index (χ1v) is 8.96. The van der Waals surface area contributed by atoms with Gasteiger partial charge in [-0.15, -0.1) is 0 Å². The lowest BCUT2D eigenvalue weighted by molar-refractivity contribution is 0.192. The Hall–Kier alpha value is -1.46. The Balaban J connectivity index is 2.33. The van der Waals surface area contributed by atoms with Gasteiger partial charge in [0.1, 0.15) is 11.9 Å². The third kappa shape index (κ3) is 9.63. The maximum atomic E-state index is 5.87. The Bertz CT molecular complexity index is 466. The highest BCUT2D eigenvalue weighted by atomic mass is 35.5. The normalized spacial score (nSPS) is 12.8. The number of guanidine groups is 1. The van der Waals surface area contributed by atoms with Crippen LogP contribution in [0.5, 0.6) is 5.75 Å². The number of aliphatic imine (C=N–C) groups is 1. The third-order valence-corrected chi connectivity index (χ3v) is 3.57. The predicted molar refractivity (Wildman–Crippen MR) is 101 cm³/mol. The van der Waals surface area contributed by atoms with Gasteiger partial charge in [0.15, 0.2) is 5.96 Å². The first kappa shape index (κ1) is 20.6. The Kier molecular flexibility index (Phi) is 11.1. The molecule has 0 saturated heterocycles. The molecule has 0 aromatic heterocycles. The lowest BCUT2D eigenvalue weighted by Crippen LogP contribution is -2.38. The number of nitrogens with zero attached hydrogens (tertiary/aromatic N) is 1. The van der Waals surface area contributed by atoms with Crippen LogP contribution in [0, 0.1) is 0 Å². The number of nitrogens with one attached hydrogen (secondary N) is 2. The van der Waals surface area contributed by atoms with Crippen LogP contribution in [0.3, 0.4) is 0 Å². The zero-order chi connectivity index (χ0) is 17.6. The molecule has 1 unspecified atom stereocenters. The standard InChI is InChI=1S/C18H30ClN3O2/c1-4-20-18(21-12-6-5-7-13-23-3)22-14-15(2)24-17-10-8-16(19)9-11-17/h8-11,15H,4-7,12-14H2,1-3H3,(H2,20,21,22). The van der Waals surface area contributed by atoms with Crippen molar-refractivity contribution >= 4 is 17.6 Å². The highest BCUT2D eigenvalue weighted by Crippen LogP contribution is 2.16. The molecule has 1 atom stereocenters. The van der Waals surface area contributed by atoms with E-state index in [2.05, 4.69) is 22.5 Å². The molecule has 0 saturated carbocycles. The second-order valence-electron chi connectivity index (χ2n) is 5.58. The Morgan fingerprint density at radius 3 is 2.58 bits per heavy atom. The number of hydrogen-bond donors (Lipinski definition) is 2. The van der Waals surface area contributed by atoms with Gasteiger partial charge < -0.3 is 20.1 Å². The molecule has 2 N–H and O–H groups in total. The van der Waals surface area contributed by atoms with Crippen molar-refractivity contribution in [1.29, 1.82) is 0 Å². The summed E-state index contributed by atoms with van der Waals surface area (Å²) >= 11 is 5.87. The van der Waals surface area contributed by atoms with Crippen LogP contribution in [-0.2, 0) is 4.74 Å². The molecule has 0 radical (unpaired) electrons. The van der Waals surface area contributed by atoms with E-state index in [0.29, 0.717) is 11.6 Å². The zero-order valence-corrected chi connectivity index (χ0v) is 15.7. The Morgan fingerprint density at radius 1 is 1.17 bits per heavy atom. The average molecular weight is 356 g/mol. The summed E-state index contributed by atoms with van der Waals surface area (Å²) < 4.78 is 10.9. The molecular weight excluding hydrogens is 326 g/mol. The van der Waals surface area contributed by atoms with Crippen LogP contribution in [0.4, 0.5) is 0 Å². The summed E-state index contributed by atoms with van der Waals surface area (Å²) in [5.41, 5.74) is 0. The summed E-state index contributed by atoms with van der Waals surface area (Å²) in [6.45, 7) is 7.22. The molecule has 0 spiro atoms. The maximum absolute atomic E-state index is 5.87. The fourth-order valence-corrected chi connectivity index (χ4v) is 2.23. The summed E-state index contributed by atoms with van der Waals surface area (Å²) in [4.78, 5) is 4.58. The van der Waals surface area contributed by atoms with E-state index in [1.807, 2.05) is 31.2 Å². The van der Waals surface area contributed by atoms with Gasteiger partial charge >= 0.3 is 0 Å². The second-order valence-corrected chi connectivity index (χ2v) is 6.02. The van der Waals surface area contributed by atoms with Gasteiger partial charge in [-0.3, -0.25) is 0 Å². The van der Waals surface area contributed by atoms with Gasteiger partial charge in [-0.05, 0) is 57.4 Å². The molecule has 1 rings (SSSR count). The smallest absolute Gasteiger partial charge is 0.191 e. The Morgan fingerprint density at radius 2 is 1.92 bits per heavy atom. The largest absolute Gasteiger partial charge is 0.489 e. The van der Waals surface area contributed by atoms with Crippen molar-refractivity contribution in [2.75, 3.05) is 33.4 Å². The molecule has 0 fully saturated rings. The van der Waals surface area contributed by atoms with Crippen molar-refractivity contribution < 1.29 is 9.47 Å². The minimum absolute atomic E-state index is 0.0108. The number of unbranched alkanes of at least 4 members (excludes halogenated alkanes) is 2. The number of ether oxygens (including phenoxy) is 2. The molecule has 1 aromatic rings. The number of rotatable bonds is 11. The van der Waals surface area contributed by atoms with Gasteiger partial charge in [-0.1, -0.05) is 11.6 Å². The van der Waals surface area contributed by atoms with E-state index in [-0.39, 0.29) is 6.10 Å². The first-order valence-electron chi connectivity index (χ1n) is 8.59. The van der Waals surface area contributed by atoms with Gasteiger partial charge in [-0.2, -0.15) is 0 Å². The van der Waals surface area contributed by atoms with Gasteiger partial charge in [-0.25, -0.2) is 4.99 Å². The van der Waals surface area contributed by atoms with Gasteiger partial charge in [0, 0.05) is 31.8 Å². The number of methoxy groups -OCH3 is 1. The lowest BCUT2D eigenvalue weighted by atomic mass is 10.2. The van der Waals surface area contributed by atoms with Crippen molar-refractivity contribution in [3.63, 3.8) is 0 Å². The molecule has 0 bridgehead atoms. The van der Waals surface area contributed by atoms with Crippen molar-refractivity contribution in [3.8, 4) is 5.75 Å². The monoisotopic (exact) mass is 355 g/mol. The molecule has 5 nitrogen and oxygen atoms in total. The average Bonchev–Trinajstić information content (AvgIpc) is 2.57. The molecule has 0 aliphatic heterocycles. The highest BCUT2D eigenvalue weighted by molar-refractivity contribution is 6.30. The van der Waals surface area contributed by atoms with Crippen molar-refractivity contribution in [2.24, 2.45) is 4.99 Å². The van der Waals surface area contributed by atoms with Crippen molar-refractivity contribution in [3.05, 3.63) is 29.3 Å². The molecule has 0 aliphatic rings. The van der Waals surface area contributed by atoms with Crippen molar-refractivity contribution in [1.82, 2.24) is 10.6 Å². The van der Waals surface area contributed by atoms with Crippen molar-refractivity contribution in [2.45, 2.75) is 39.2 Å². The zero-order valence-electron chi connectivity index (χ0n) is 15.0. The summed E-state index contributed by atoms with van der Waals surface area (Å²) in [5, 5.41) is 7.31. The van der Waals surface area contributed by atoms with Crippen LogP contribution >= 0.6 is 11.6 Å². The predicted octanol–water partition coefficient (Wildman–Crippen LogP) is 3.48. The summed E-state index contributed by atoms with van der Waals surface area (Å²) in [6, 6.07) is 7.38. The summed E-state index contributed by atoms with van der Waals surface area (Å²) in [7, 11) is 1.74. The van der Waals surface area contributed by atoms with Gasteiger partial charge in [0.05, 0.1) is 6.54 Å². The first-order chi connectivity index (χ1) is 11.7. The molecule has 0 heterocycles. The summed E-state index contributed by atoms with van der Waals surface area (Å²) in [6.07, 6.45) is 3.34. The van der Waals surface area contributed by atoms with E-state index in [9.17, 15) is 0 Å². The van der Waals surface area contributed by atoms with E-state index < -0.39 is 0 Å². The lowest BCUT2D eigenvalue weighted by Gasteiger charge is -2.15. The van der Waals surface area contributed by atoms with E-state index in [0.717, 1.165) is 50.7 Å². The fourth-order valence-electron chi connectivity index (χ4n) is 2.10. The van der Waals surface area contributed by atoms with Crippen LogP contribution in [-0.4, -0.2) is 45.4 Å². The van der Waals surface area contributed by atoms with Crippen LogP contribution < -0.4 is 15.4 Å². The molecule has 0 amide bonds. The van der Waals surface area contributed by atoms with Gasteiger partial charge in [0.2, 0.25) is 0 Å². The van der Waals surface area contributed by atoms with Crippen LogP contribution in [0.15, 0.2) is 29.3 Å². The molecule has 6 heteroatoms. The van der Waals surface area contributed by atoms with Crippen LogP contribution in [0.25, 0.3) is 0 Å². The molecule has 1 aromatic carbocycles. The summed E-state index contributed by atoms with van der Waals surface area (Å²) in [5.74, 6) is 1.63. The molecule has 24 heavy (non-hydrogen) atoms. The number of hydrogen-bond acceptors (Lipinski definition) is 3. The van der Waals surface area contributed by atoms with E-state index >= 15 is 0 Å². The molecule has 136 valence electrons. The molecular formula is C18H30ClN3O2. The van der Waals surface area contributed by atoms with Gasteiger partial charge in [0.25, 0.3) is 0 Å². The topological polar surface area (TPSA) is 54.9 Å². The molecule has 0 aliphatic carbocycles. The minimum atomic E-state index is -0.0108. The maximum Gasteiger partial charge on any atom is 0.191 e. The fraction of sp³-hybridized carbons (Fsp3) is 0.611. The van der Waals surface area contributed by atoms with Crippen LogP contribution in [0.2, 0.25) is 5.02 Å². The van der Waals surface area contributed by atoms with E-state index in [4.69, 9.17) is 21.1 Å². The highest BCUT2D eigenvalue weighted by Gasteiger charge is 2.04. The SMILES string of the molecule is CCNC(=NCC(C)Oc1ccc(Cl)cc1)NCCCCCOC. The second kappa shape index (κ2) is 12.9. The third-order valence-electron chi connectivity index (χ3n) is 3.32. The van der Waals surface area contributed by atoms with Crippen LogP contribution in [0.1, 0.15) is 33.1 Å². The van der Waals surface area contributed by atoms with E-state index in [1.54, 1.807) is 7.11 Å². The number of benzene rings is 1.